The second-order valence-electron chi connectivity index (χ2n) is 7.23. The number of ether oxygens (including phenoxy) is 2. The van der Waals surface area contributed by atoms with Crippen LogP contribution in [0.1, 0.15) is 51.9 Å². The molecule has 122 valence electrons. The predicted octanol–water partition coefficient (Wildman–Crippen LogP) is 2.48. The average Bonchev–Trinajstić information content (AvgIpc) is 2.97. The second-order valence-corrected chi connectivity index (χ2v) is 7.23. The highest BCUT2D eigenvalue weighted by Crippen LogP contribution is 2.45. The predicted molar refractivity (Wildman–Crippen MR) is 84.4 cm³/mol. The van der Waals surface area contributed by atoms with Gasteiger partial charge in [-0.15, -0.1) is 0 Å². The third-order valence-corrected chi connectivity index (χ3v) is 5.93. The number of likely N-dealkylation sites (N-methyl/N-ethyl adjacent to an activating group) is 1. The number of hydrogen-bond donors (Lipinski definition) is 0. The number of hydrogen-bond acceptors (Lipinski definition) is 4. The summed E-state index contributed by atoms with van der Waals surface area (Å²) < 4.78 is 11.9. The van der Waals surface area contributed by atoms with Crippen molar-refractivity contribution < 1.29 is 9.47 Å². The Labute approximate surface area is 129 Å². The van der Waals surface area contributed by atoms with Gasteiger partial charge in [-0.05, 0) is 26.3 Å². The van der Waals surface area contributed by atoms with E-state index in [2.05, 4.69) is 23.8 Å². The Hall–Kier alpha value is -0.160. The average molecular weight is 296 g/mol. The lowest BCUT2D eigenvalue weighted by atomic mass is 9.74. The molecule has 0 aromatic carbocycles. The minimum absolute atomic E-state index is 0.220. The van der Waals surface area contributed by atoms with Gasteiger partial charge in [0, 0.05) is 44.6 Å². The zero-order chi connectivity index (χ0) is 14.8. The highest BCUT2D eigenvalue weighted by atomic mass is 16.7. The number of rotatable bonds is 4. The van der Waals surface area contributed by atoms with Crippen molar-refractivity contribution in [1.82, 2.24) is 9.80 Å². The topological polar surface area (TPSA) is 24.9 Å². The summed E-state index contributed by atoms with van der Waals surface area (Å²) in [4.78, 5) is 5.25. The first-order chi connectivity index (χ1) is 10.2. The Morgan fingerprint density at radius 3 is 2.10 bits per heavy atom. The summed E-state index contributed by atoms with van der Waals surface area (Å²) in [5.41, 5.74) is 0.415. The van der Waals surface area contributed by atoms with Crippen LogP contribution < -0.4 is 0 Å². The lowest BCUT2D eigenvalue weighted by molar-refractivity contribution is -0.196. The van der Waals surface area contributed by atoms with Crippen LogP contribution in [-0.2, 0) is 9.47 Å². The van der Waals surface area contributed by atoms with Gasteiger partial charge in [0.2, 0.25) is 0 Å². The minimum atomic E-state index is -0.220. The van der Waals surface area contributed by atoms with Gasteiger partial charge in [-0.1, -0.05) is 19.8 Å². The molecule has 3 aliphatic rings. The molecule has 0 amide bonds. The molecule has 2 heterocycles. The van der Waals surface area contributed by atoms with Crippen LogP contribution in [0.3, 0.4) is 0 Å². The van der Waals surface area contributed by atoms with Gasteiger partial charge in [-0.25, -0.2) is 0 Å². The lowest BCUT2D eigenvalue weighted by Gasteiger charge is -2.52. The van der Waals surface area contributed by atoms with E-state index in [1.807, 2.05) is 0 Å². The molecule has 21 heavy (non-hydrogen) atoms. The molecule has 3 rings (SSSR count). The van der Waals surface area contributed by atoms with E-state index in [9.17, 15) is 0 Å². The summed E-state index contributed by atoms with van der Waals surface area (Å²) in [5, 5.41) is 0. The van der Waals surface area contributed by atoms with Crippen LogP contribution in [-0.4, -0.2) is 67.6 Å². The maximum atomic E-state index is 5.93. The van der Waals surface area contributed by atoms with Crippen LogP contribution in [0.15, 0.2) is 0 Å². The van der Waals surface area contributed by atoms with E-state index < -0.39 is 0 Å². The Kier molecular flexibility index (Phi) is 4.89. The molecule has 0 bridgehead atoms. The van der Waals surface area contributed by atoms with Gasteiger partial charge < -0.3 is 14.4 Å². The van der Waals surface area contributed by atoms with Crippen LogP contribution in [0.2, 0.25) is 0 Å². The molecule has 0 aromatic heterocycles. The molecule has 1 spiro atoms. The summed E-state index contributed by atoms with van der Waals surface area (Å²) in [6, 6.07) is 0. The molecule has 1 saturated carbocycles. The van der Waals surface area contributed by atoms with Crippen molar-refractivity contribution in [3.63, 3.8) is 0 Å². The minimum Gasteiger partial charge on any atom is -0.348 e. The summed E-state index contributed by atoms with van der Waals surface area (Å²) in [6.07, 6.45) is 8.66. The smallest absolute Gasteiger partial charge is 0.168 e. The SMILES string of the molecule is CCCCC1(N2CCN(C)CC2)CCC2(CC1)OCCO2. The summed E-state index contributed by atoms with van der Waals surface area (Å²) in [5.74, 6) is -0.220. The fourth-order valence-corrected chi connectivity index (χ4v) is 4.39. The number of piperazine rings is 1. The van der Waals surface area contributed by atoms with Crippen LogP contribution >= 0.6 is 0 Å². The van der Waals surface area contributed by atoms with Gasteiger partial charge in [-0.2, -0.15) is 0 Å². The molecule has 4 nitrogen and oxygen atoms in total. The van der Waals surface area contributed by atoms with Crippen molar-refractivity contribution in [2.45, 2.75) is 63.2 Å². The molecule has 0 radical (unpaired) electrons. The Morgan fingerprint density at radius 2 is 1.52 bits per heavy atom. The highest BCUT2D eigenvalue weighted by Gasteiger charge is 2.48. The van der Waals surface area contributed by atoms with Crippen molar-refractivity contribution in [3.05, 3.63) is 0 Å². The molecular formula is C17H32N2O2. The van der Waals surface area contributed by atoms with Crippen molar-refractivity contribution in [2.75, 3.05) is 46.4 Å². The van der Waals surface area contributed by atoms with E-state index in [1.54, 1.807) is 0 Å². The van der Waals surface area contributed by atoms with Crippen LogP contribution in [0.25, 0.3) is 0 Å². The maximum absolute atomic E-state index is 5.93. The van der Waals surface area contributed by atoms with Gasteiger partial charge in [0.25, 0.3) is 0 Å². The normalized spacial score (nSPS) is 30.0. The monoisotopic (exact) mass is 296 g/mol. The van der Waals surface area contributed by atoms with Crippen LogP contribution in [0.5, 0.6) is 0 Å². The lowest BCUT2D eigenvalue weighted by Crippen LogP contribution is -2.59. The van der Waals surface area contributed by atoms with Crippen LogP contribution in [0, 0.1) is 0 Å². The molecule has 2 saturated heterocycles. The number of unbranched alkanes of at least 4 members (excludes halogenated alkanes) is 1. The first-order valence-corrected chi connectivity index (χ1v) is 8.90. The molecule has 0 atom stereocenters. The van der Waals surface area contributed by atoms with Crippen LogP contribution in [0.4, 0.5) is 0 Å². The van der Waals surface area contributed by atoms with Crippen molar-refractivity contribution in [1.29, 1.82) is 0 Å². The van der Waals surface area contributed by atoms with Gasteiger partial charge in [-0.3, -0.25) is 4.90 Å². The van der Waals surface area contributed by atoms with E-state index >= 15 is 0 Å². The Bertz CT molecular complexity index is 324. The van der Waals surface area contributed by atoms with Crippen molar-refractivity contribution in [3.8, 4) is 0 Å². The largest absolute Gasteiger partial charge is 0.348 e. The van der Waals surface area contributed by atoms with Gasteiger partial charge in [0.15, 0.2) is 5.79 Å². The Morgan fingerprint density at radius 1 is 0.905 bits per heavy atom. The summed E-state index contributed by atoms with van der Waals surface area (Å²) in [6.45, 7) is 8.78. The third-order valence-electron chi connectivity index (χ3n) is 5.93. The first-order valence-electron chi connectivity index (χ1n) is 8.90. The third kappa shape index (κ3) is 3.29. The number of nitrogens with zero attached hydrogens (tertiary/aromatic N) is 2. The summed E-state index contributed by atoms with van der Waals surface area (Å²) >= 11 is 0. The van der Waals surface area contributed by atoms with E-state index in [0.29, 0.717) is 5.54 Å². The maximum Gasteiger partial charge on any atom is 0.168 e. The zero-order valence-electron chi connectivity index (χ0n) is 13.9. The zero-order valence-corrected chi connectivity index (χ0v) is 13.9. The van der Waals surface area contributed by atoms with E-state index in [4.69, 9.17) is 9.47 Å². The molecule has 0 N–H and O–H groups in total. The fourth-order valence-electron chi connectivity index (χ4n) is 4.39. The van der Waals surface area contributed by atoms with E-state index in [1.165, 1.54) is 58.3 Å². The van der Waals surface area contributed by atoms with Gasteiger partial charge in [0.05, 0.1) is 13.2 Å². The molecule has 0 aromatic rings. The Balaban J connectivity index is 1.66. The first kappa shape index (κ1) is 15.7. The molecular weight excluding hydrogens is 264 g/mol. The fraction of sp³-hybridized carbons (Fsp3) is 1.00. The molecule has 0 unspecified atom stereocenters. The molecule has 1 aliphatic carbocycles. The van der Waals surface area contributed by atoms with Gasteiger partial charge in [0.1, 0.15) is 0 Å². The van der Waals surface area contributed by atoms with Crippen molar-refractivity contribution in [2.24, 2.45) is 0 Å². The van der Waals surface area contributed by atoms with E-state index in [0.717, 1.165) is 26.1 Å². The van der Waals surface area contributed by atoms with Crippen molar-refractivity contribution >= 4 is 0 Å². The quantitative estimate of drug-likeness (QED) is 0.796. The summed E-state index contributed by atoms with van der Waals surface area (Å²) in [7, 11) is 2.24. The molecule has 4 heteroatoms. The van der Waals surface area contributed by atoms with E-state index in [-0.39, 0.29) is 5.79 Å². The second kappa shape index (κ2) is 6.53. The highest BCUT2D eigenvalue weighted by molar-refractivity contribution is 4.99. The van der Waals surface area contributed by atoms with Gasteiger partial charge >= 0.3 is 0 Å². The molecule has 2 aliphatic heterocycles. The molecule has 3 fully saturated rings. The standard InChI is InChI=1S/C17H32N2O2/c1-3-4-5-16(19-12-10-18(2)11-13-19)6-8-17(9-7-16)20-14-15-21-17/h3-15H2,1-2H3.